The molecule has 0 radical (unpaired) electrons. The molecule has 2 rings (SSSR count). The number of hydrogen-bond donors (Lipinski definition) is 1. The van der Waals surface area contributed by atoms with Crippen LogP contribution in [-0.2, 0) is 14.3 Å². The number of aliphatic carboxylic acids is 1. The second-order valence-electron chi connectivity index (χ2n) is 5.59. The summed E-state index contributed by atoms with van der Waals surface area (Å²) in [6, 6.07) is 4.80. The maximum atomic E-state index is 12.4. The van der Waals surface area contributed by atoms with Crippen molar-refractivity contribution in [3.8, 4) is 5.75 Å². The van der Waals surface area contributed by atoms with Crippen molar-refractivity contribution in [3.63, 3.8) is 0 Å². The third-order valence-electron chi connectivity index (χ3n) is 3.93. The summed E-state index contributed by atoms with van der Waals surface area (Å²) < 4.78 is 10.8. The topological polar surface area (TPSA) is 76.1 Å². The van der Waals surface area contributed by atoms with Crippen LogP contribution in [0.2, 0.25) is 5.02 Å². The number of ether oxygens (including phenoxy) is 2. The largest absolute Gasteiger partial charge is 0.484 e. The molecule has 1 aliphatic heterocycles. The van der Waals surface area contributed by atoms with Crippen molar-refractivity contribution in [1.82, 2.24) is 4.90 Å². The van der Waals surface area contributed by atoms with Gasteiger partial charge in [0.15, 0.2) is 6.61 Å². The summed E-state index contributed by atoms with van der Waals surface area (Å²) in [5, 5.41) is 9.61. The predicted octanol–water partition coefficient (Wildman–Crippen LogP) is 2.12. The van der Waals surface area contributed by atoms with E-state index in [0.717, 1.165) is 5.56 Å². The van der Waals surface area contributed by atoms with Gasteiger partial charge in [-0.3, -0.25) is 9.59 Å². The second-order valence-corrected chi connectivity index (χ2v) is 6.00. The van der Waals surface area contributed by atoms with Crippen LogP contribution in [0.3, 0.4) is 0 Å². The van der Waals surface area contributed by atoms with E-state index in [-0.39, 0.29) is 31.1 Å². The van der Waals surface area contributed by atoms with E-state index in [9.17, 15) is 9.59 Å². The molecule has 1 aromatic carbocycles. The third kappa shape index (κ3) is 4.59. The summed E-state index contributed by atoms with van der Waals surface area (Å²) in [4.78, 5) is 24.8. The number of benzene rings is 1. The Morgan fingerprint density at radius 2 is 2.17 bits per heavy atom. The van der Waals surface area contributed by atoms with Crippen molar-refractivity contribution in [2.24, 2.45) is 0 Å². The summed E-state index contributed by atoms with van der Waals surface area (Å²) in [5.74, 6) is -0.625. The third-order valence-corrected chi connectivity index (χ3v) is 4.36. The zero-order chi connectivity index (χ0) is 17.0. The first kappa shape index (κ1) is 17.6. The zero-order valence-corrected chi connectivity index (χ0v) is 13.9. The molecule has 1 aromatic rings. The highest BCUT2D eigenvalue weighted by Gasteiger charge is 2.36. The Labute approximate surface area is 139 Å². The first-order valence-electron chi connectivity index (χ1n) is 7.33. The van der Waals surface area contributed by atoms with E-state index >= 15 is 0 Å². The summed E-state index contributed by atoms with van der Waals surface area (Å²) >= 11 is 5.95. The molecule has 1 N–H and O–H groups in total. The van der Waals surface area contributed by atoms with Gasteiger partial charge in [-0.1, -0.05) is 11.6 Å². The van der Waals surface area contributed by atoms with Gasteiger partial charge in [0.05, 0.1) is 12.5 Å². The van der Waals surface area contributed by atoms with Gasteiger partial charge in [-0.15, -0.1) is 0 Å². The zero-order valence-electron chi connectivity index (χ0n) is 13.1. The quantitative estimate of drug-likeness (QED) is 0.857. The molecule has 0 aromatic heterocycles. The number of carboxylic acids is 1. The SMILES string of the molecule is COC1CC(CC(=O)O)N(C(=O)COc2ccc(Cl)c(C)c2)C1. The van der Waals surface area contributed by atoms with Gasteiger partial charge >= 0.3 is 5.97 Å². The van der Waals surface area contributed by atoms with Crippen molar-refractivity contribution in [2.45, 2.75) is 31.9 Å². The molecule has 2 atom stereocenters. The second kappa shape index (κ2) is 7.66. The Balaban J connectivity index is 1.97. The predicted molar refractivity (Wildman–Crippen MR) is 84.9 cm³/mol. The summed E-state index contributed by atoms with van der Waals surface area (Å²) in [7, 11) is 1.56. The van der Waals surface area contributed by atoms with E-state index in [1.807, 2.05) is 6.92 Å². The van der Waals surface area contributed by atoms with Gasteiger partial charge in [-0.05, 0) is 37.1 Å². The fraction of sp³-hybridized carbons (Fsp3) is 0.500. The van der Waals surface area contributed by atoms with Crippen LogP contribution in [0.1, 0.15) is 18.4 Å². The van der Waals surface area contributed by atoms with Crippen molar-refractivity contribution in [2.75, 3.05) is 20.3 Å². The standard InChI is InChI=1S/C16H20ClNO5/c1-10-5-12(3-4-14(10)17)23-9-15(19)18-8-13(22-2)6-11(18)7-16(20)21/h3-5,11,13H,6-9H2,1-2H3,(H,20,21). The molecule has 1 fully saturated rings. The molecule has 7 heteroatoms. The van der Waals surface area contributed by atoms with E-state index in [0.29, 0.717) is 23.7 Å². The molecule has 6 nitrogen and oxygen atoms in total. The van der Waals surface area contributed by atoms with Crippen LogP contribution in [0.4, 0.5) is 0 Å². The van der Waals surface area contributed by atoms with Crippen LogP contribution in [-0.4, -0.2) is 54.3 Å². The molecule has 0 spiro atoms. The number of rotatable bonds is 6. The van der Waals surface area contributed by atoms with Crippen molar-refractivity contribution < 1.29 is 24.2 Å². The minimum atomic E-state index is -0.932. The monoisotopic (exact) mass is 341 g/mol. The Bertz CT molecular complexity index is 592. The molecule has 23 heavy (non-hydrogen) atoms. The highest BCUT2D eigenvalue weighted by Crippen LogP contribution is 2.24. The van der Waals surface area contributed by atoms with Gasteiger partial charge in [0.1, 0.15) is 5.75 Å². The lowest BCUT2D eigenvalue weighted by Gasteiger charge is -2.23. The molecular weight excluding hydrogens is 322 g/mol. The summed E-state index contributed by atoms with van der Waals surface area (Å²) in [6.07, 6.45) is 0.293. The number of amides is 1. The fourth-order valence-corrected chi connectivity index (χ4v) is 2.80. The van der Waals surface area contributed by atoms with Crippen molar-refractivity contribution in [3.05, 3.63) is 28.8 Å². The molecule has 2 unspecified atom stereocenters. The Morgan fingerprint density at radius 3 is 2.78 bits per heavy atom. The number of hydrogen-bond acceptors (Lipinski definition) is 4. The number of carboxylic acid groups (broad SMARTS) is 1. The van der Waals surface area contributed by atoms with Gasteiger partial charge in [-0.25, -0.2) is 0 Å². The molecule has 0 aliphatic carbocycles. The molecule has 0 bridgehead atoms. The lowest BCUT2D eigenvalue weighted by Crippen LogP contribution is -2.40. The van der Waals surface area contributed by atoms with E-state index < -0.39 is 5.97 Å². The maximum Gasteiger partial charge on any atom is 0.305 e. The number of nitrogens with zero attached hydrogens (tertiary/aromatic N) is 1. The smallest absolute Gasteiger partial charge is 0.305 e. The van der Waals surface area contributed by atoms with E-state index in [1.54, 1.807) is 25.3 Å². The van der Waals surface area contributed by atoms with Crippen LogP contribution in [0.25, 0.3) is 0 Å². The fourth-order valence-electron chi connectivity index (χ4n) is 2.68. The van der Waals surface area contributed by atoms with Crippen LogP contribution in [0.15, 0.2) is 18.2 Å². The average Bonchev–Trinajstić information content (AvgIpc) is 2.90. The number of likely N-dealkylation sites (tertiary alicyclic amines) is 1. The van der Waals surface area contributed by atoms with Gasteiger partial charge < -0.3 is 19.5 Å². The van der Waals surface area contributed by atoms with Gasteiger partial charge in [0, 0.05) is 24.7 Å². The molecule has 0 saturated carbocycles. The Kier molecular flexibility index (Phi) is 5.85. The van der Waals surface area contributed by atoms with Gasteiger partial charge in [0.2, 0.25) is 0 Å². The molecule has 126 valence electrons. The first-order chi connectivity index (χ1) is 10.9. The van der Waals surface area contributed by atoms with Crippen molar-refractivity contribution >= 4 is 23.5 Å². The van der Waals surface area contributed by atoms with E-state index in [2.05, 4.69) is 0 Å². The summed E-state index contributed by atoms with van der Waals surface area (Å²) in [6.45, 7) is 2.09. The summed E-state index contributed by atoms with van der Waals surface area (Å²) in [5.41, 5.74) is 0.862. The number of carbonyl (C=O) groups is 2. The van der Waals surface area contributed by atoms with E-state index in [4.69, 9.17) is 26.2 Å². The Hall–Kier alpha value is -1.79. The number of halogens is 1. The molecule has 1 aliphatic rings. The molecular formula is C16H20ClNO5. The Morgan fingerprint density at radius 1 is 1.43 bits per heavy atom. The number of methoxy groups -OCH3 is 1. The van der Waals surface area contributed by atoms with Gasteiger partial charge in [0.25, 0.3) is 5.91 Å². The van der Waals surface area contributed by atoms with Crippen molar-refractivity contribution in [1.29, 1.82) is 0 Å². The van der Waals surface area contributed by atoms with Gasteiger partial charge in [-0.2, -0.15) is 0 Å². The number of carbonyl (C=O) groups excluding carboxylic acids is 1. The normalized spacial score (nSPS) is 20.6. The lowest BCUT2D eigenvalue weighted by molar-refractivity contribution is -0.140. The maximum absolute atomic E-state index is 12.4. The number of aryl methyl sites for hydroxylation is 1. The minimum absolute atomic E-state index is 0.0916. The van der Waals surface area contributed by atoms with Crippen LogP contribution in [0.5, 0.6) is 5.75 Å². The average molecular weight is 342 g/mol. The lowest BCUT2D eigenvalue weighted by atomic mass is 10.1. The first-order valence-corrected chi connectivity index (χ1v) is 7.71. The highest BCUT2D eigenvalue weighted by atomic mass is 35.5. The van der Waals surface area contributed by atoms with E-state index in [1.165, 1.54) is 4.90 Å². The van der Waals surface area contributed by atoms with Crippen LogP contribution >= 0.6 is 11.6 Å². The highest BCUT2D eigenvalue weighted by molar-refractivity contribution is 6.31. The van der Waals surface area contributed by atoms with Crippen LogP contribution < -0.4 is 4.74 Å². The molecule has 1 amide bonds. The minimum Gasteiger partial charge on any atom is -0.484 e. The van der Waals surface area contributed by atoms with Crippen LogP contribution in [0, 0.1) is 6.92 Å². The molecule has 1 saturated heterocycles. The molecule has 1 heterocycles.